The van der Waals surface area contributed by atoms with E-state index in [0.717, 1.165) is 5.69 Å². The average molecular weight is 490 g/mol. The van der Waals surface area contributed by atoms with Gasteiger partial charge in [-0.15, -0.1) is 0 Å². The molecule has 1 aromatic heterocycles. The molecule has 0 unspecified atom stereocenters. The van der Waals surface area contributed by atoms with E-state index in [0.29, 0.717) is 18.8 Å². The number of hydrogen-bond donors (Lipinski definition) is 0. The first-order valence-electron chi connectivity index (χ1n) is 10.2. The molecule has 0 bridgehead atoms. The average Bonchev–Trinajstić information content (AvgIpc) is 2.84. The molecule has 1 aliphatic rings. The number of nitrogens with zero attached hydrogens (tertiary/aromatic N) is 3. The Morgan fingerprint density at radius 1 is 1.03 bits per heavy atom. The lowest BCUT2D eigenvalue weighted by molar-refractivity contribution is 0.0467. The number of esters is 1. The van der Waals surface area contributed by atoms with Crippen molar-refractivity contribution in [3.8, 4) is 0 Å². The number of carbonyl (C=O) groups excluding carboxylic acids is 1. The minimum absolute atomic E-state index is 0.0252. The SMILES string of the molecule is O=C(OCc1ccccn1)c1ccc(Cl)c(S(=O)(=O)N2CCN(c3ccc(F)cc3)CC2)c1. The summed E-state index contributed by atoms with van der Waals surface area (Å²) in [7, 11) is -3.93. The van der Waals surface area contributed by atoms with Gasteiger partial charge in [-0.05, 0) is 54.6 Å². The van der Waals surface area contributed by atoms with E-state index in [1.165, 1.54) is 34.6 Å². The third kappa shape index (κ3) is 5.32. The lowest BCUT2D eigenvalue weighted by Crippen LogP contribution is -2.48. The van der Waals surface area contributed by atoms with Gasteiger partial charge < -0.3 is 9.64 Å². The highest BCUT2D eigenvalue weighted by Crippen LogP contribution is 2.28. The fraction of sp³-hybridized carbons (Fsp3) is 0.217. The lowest BCUT2D eigenvalue weighted by Gasteiger charge is -2.35. The van der Waals surface area contributed by atoms with Crippen LogP contribution in [0.3, 0.4) is 0 Å². The summed E-state index contributed by atoms with van der Waals surface area (Å²) < 4.78 is 46.3. The zero-order valence-corrected chi connectivity index (χ0v) is 19.1. The molecular formula is C23H21ClFN3O4S. The third-order valence-electron chi connectivity index (χ3n) is 5.29. The maximum Gasteiger partial charge on any atom is 0.338 e. The van der Waals surface area contributed by atoms with Crippen LogP contribution in [0.4, 0.5) is 10.1 Å². The summed E-state index contributed by atoms with van der Waals surface area (Å²) in [5, 5.41) is 0.0252. The molecule has 0 atom stereocenters. The highest BCUT2D eigenvalue weighted by Gasteiger charge is 2.31. The molecule has 1 fully saturated rings. The van der Waals surface area contributed by atoms with Crippen molar-refractivity contribution in [2.45, 2.75) is 11.5 Å². The quantitative estimate of drug-likeness (QED) is 0.491. The molecule has 0 N–H and O–H groups in total. The minimum atomic E-state index is -3.93. The van der Waals surface area contributed by atoms with Gasteiger partial charge >= 0.3 is 5.97 Å². The van der Waals surface area contributed by atoms with Gasteiger partial charge in [-0.1, -0.05) is 17.7 Å². The van der Waals surface area contributed by atoms with Crippen LogP contribution in [0.2, 0.25) is 5.02 Å². The van der Waals surface area contributed by atoms with Crippen molar-refractivity contribution in [1.29, 1.82) is 0 Å². The molecule has 2 heterocycles. The standard InChI is InChI=1S/C23H21ClFN3O4S/c24-21-9-4-17(23(29)32-16-19-3-1-2-10-26-19)15-22(21)33(30,31)28-13-11-27(12-14-28)20-7-5-18(25)6-8-20/h1-10,15H,11-14,16H2. The Bertz CT molecular complexity index is 1230. The van der Waals surface area contributed by atoms with E-state index in [4.69, 9.17) is 16.3 Å². The summed E-state index contributed by atoms with van der Waals surface area (Å²) in [6.07, 6.45) is 1.59. The van der Waals surface area contributed by atoms with Gasteiger partial charge in [-0.25, -0.2) is 17.6 Å². The first-order chi connectivity index (χ1) is 15.8. The number of ether oxygens (including phenoxy) is 1. The smallest absolute Gasteiger partial charge is 0.338 e. The number of carbonyl (C=O) groups is 1. The van der Waals surface area contributed by atoms with Crippen molar-refractivity contribution in [3.63, 3.8) is 0 Å². The van der Waals surface area contributed by atoms with Gasteiger partial charge in [0, 0.05) is 38.1 Å². The summed E-state index contributed by atoms with van der Waals surface area (Å²) >= 11 is 6.20. The highest BCUT2D eigenvalue weighted by molar-refractivity contribution is 7.89. The summed E-state index contributed by atoms with van der Waals surface area (Å²) in [4.78, 5) is 18.4. The molecule has 0 amide bonds. The van der Waals surface area contributed by atoms with Gasteiger partial charge in [0.2, 0.25) is 10.0 Å². The number of hydrogen-bond acceptors (Lipinski definition) is 6. The molecule has 0 radical (unpaired) electrons. The minimum Gasteiger partial charge on any atom is -0.456 e. The predicted octanol–water partition coefficient (Wildman–Crippen LogP) is 3.74. The van der Waals surface area contributed by atoms with Gasteiger partial charge in [0.05, 0.1) is 16.3 Å². The summed E-state index contributed by atoms with van der Waals surface area (Å²) in [5.41, 5.74) is 1.48. The van der Waals surface area contributed by atoms with E-state index in [1.54, 1.807) is 36.5 Å². The Labute approximate surface area is 196 Å². The molecule has 172 valence electrons. The Balaban J connectivity index is 1.46. The second-order valence-corrected chi connectivity index (χ2v) is 9.72. The maximum absolute atomic E-state index is 13.3. The monoisotopic (exact) mass is 489 g/mol. The Morgan fingerprint density at radius 2 is 1.76 bits per heavy atom. The summed E-state index contributed by atoms with van der Waals surface area (Å²) in [6.45, 7) is 1.30. The first-order valence-corrected chi connectivity index (χ1v) is 12.0. The maximum atomic E-state index is 13.3. The van der Waals surface area contributed by atoms with Crippen LogP contribution in [0.15, 0.2) is 71.8 Å². The number of sulfonamides is 1. The number of anilines is 1. The van der Waals surface area contributed by atoms with Crippen molar-refractivity contribution in [2.24, 2.45) is 0 Å². The number of halogens is 2. The molecule has 4 rings (SSSR count). The molecule has 7 nitrogen and oxygen atoms in total. The van der Waals surface area contributed by atoms with Crippen LogP contribution in [0.25, 0.3) is 0 Å². The largest absolute Gasteiger partial charge is 0.456 e. The molecule has 3 aromatic rings. The van der Waals surface area contributed by atoms with Crippen molar-refractivity contribution < 1.29 is 22.3 Å². The molecule has 10 heteroatoms. The molecule has 33 heavy (non-hydrogen) atoms. The van der Waals surface area contributed by atoms with Crippen molar-refractivity contribution >= 4 is 33.3 Å². The van der Waals surface area contributed by atoms with Crippen LogP contribution in [0.1, 0.15) is 16.1 Å². The van der Waals surface area contributed by atoms with Crippen LogP contribution in [-0.2, 0) is 21.4 Å². The molecule has 0 saturated carbocycles. The number of benzene rings is 2. The molecule has 1 saturated heterocycles. The Hall–Kier alpha value is -3.01. The Morgan fingerprint density at radius 3 is 2.42 bits per heavy atom. The zero-order chi connectivity index (χ0) is 23.4. The van der Waals surface area contributed by atoms with E-state index in [2.05, 4.69) is 4.98 Å². The van der Waals surface area contributed by atoms with Crippen molar-refractivity contribution in [2.75, 3.05) is 31.1 Å². The highest BCUT2D eigenvalue weighted by atomic mass is 35.5. The Kier molecular flexibility index (Phi) is 6.92. The predicted molar refractivity (Wildman–Crippen MR) is 122 cm³/mol. The third-order valence-corrected chi connectivity index (χ3v) is 7.67. The van der Waals surface area contributed by atoms with Crippen LogP contribution in [-0.4, -0.2) is 49.9 Å². The van der Waals surface area contributed by atoms with Gasteiger partial charge in [-0.2, -0.15) is 4.31 Å². The van der Waals surface area contributed by atoms with Gasteiger partial charge in [0.25, 0.3) is 0 Å². The van der Waals surface area contributed by atoms with E-state index in [9.17, 15) is 17.6 Å². The van der Waals surface area contributed by atoms with Gasteiger partial charge in [-0.3, -0.25) is 4.98 Å². The van der Waals surface area contributed by atoms with Crippen molar-refractivity contribution in [1.82, 2.24) is 9.29 Å². The van der Waals surface area contributed by atoms with Gasteiger partial charge in [0.15, 0.2) is 0 Å². The van der Waals surface area contributed by atoms with Crippen LogP contribution in [0, 0.1) is 5.82 Å². The lowest BCUT2D eigenvalue weighted by atomic mass is 10.2. The van der Waals surface area contributed by atoms with Gasteiger partial charge in [0.1, 0.15) is 17.3 Å². The zero-order valence-electron chi connectivity index (χ0n) is 17.5. The molecule has 0 spiro atoms. The van der Waals surface area contributed by atoms with Crippen molar-refractivity contribution in [3.05, 3.63) is 89.0 Å². The number of piperazine rings is 1. The molecule has 1 aliphatic heterocycles. The second kappa shape index (κ2) is 9.86. The molecular weight excluding hydrogens is 469 g/mol. The summed E-state index contributed by atoms with van der Waals surface area (Å²) in [6, 6.07) is 15.4. The fourth-order valence-electron chi connectivity index (χ4n) is 3.51. The van der Waals surface area contributed by atoms with Crippen LogP contribution in [0.5, 0.6) is 0 Å². The van der Waals surface area contributed by atoms with E-state index < -0.39 is 16.0 Å². The molecule has 2 aromatic carbocycles. The van der Waals surface area contributed by atoms with E-state index in [1.807, 2.05) is 4.90 Å². The van der Waals surface area contributed by atoms with Crippen LogP contribution >= 0.6 is 11.6 Å². The summed E-state index contributed by atoms with van der Waals surface area (Å²) in [5.74, 6) is -0.997. The molecule has 0 aliphatic carbocycles. The van der Waals surface area contributed by atoms with E-state index in [-0.39, 0.29) is 41.0 Å². The number of aromatic nitrogens is 1. The topological polar surface area (TPSA) is 79.8 Å². The van der Waals surface area contributed by atoms with Crippen LogP contribution < -0.4 is 4.90 Å². The number of rotatable bonds is 6. The second-order valence-electron chi connectivity index (χ2n) is 7.41. The fourth-order valence-corrected chi connectivity index (χ4v) is 5.43. The first kappa shape index (κ1) is 23.2. The normalized spacial score (nSPS) is 14.8. The van der Waals surface area contributed by atoms with E-state index >= 15 is 0 Å². The number of pyridine rings is 1.